The molecular weight excluding hydrogens is 200 g/mol. The lowest BCUT2D eigenvalue weighted by atomic mass is 10.2. The average Bonchev–Trinajstić information content (AvgIpc) is 2.66. The molecule has 1 rings (SSSR count). The molecule has 1 aromatic heterocycles. The van der Waals surface area contributed by atoms with Crippen LogP contribution in [0.1, 0.15) is 37.3 Å². The Morgan fingerprint density at radius 1 is 1.64 bits per heavy atom. The second-order valence-electron chi connectivity index (χ2n) is 3.43. The molecule has 0 saturated carbocycles. The first-order chi connectivity index (χ1) is 6.69. The zero-order valence-electron chi connectivity index (χ0n) is 8.90. The number of nitrogens with zero attached hydrogens (tertiary/aromatic N) is 2. The molecule has 1 heterocycles. The lowest BCUT2D eigenvalue weighted by molar-refractivity contribution is 0.157. The van der Waals surface area contributed by atoms with Crippen LogP contribution in [0.3, 0.4) is 0 Å². The number of hydrogen-bond donors (Lipinski definition) is 0. The minimum absolute atomic E-state index is 0.0681. The summed E-state index contributed by atoms with van der Waals surface area (Å²) in [6, 6.07) is 0.259. The Hall–Kier alpha value is -0.540. The third-order valence-corrected chi connectivity index (χ3v) is 2.76. The smallest absolute Gasteiger partial charge is 0.0724 e. The molecule has 14 heavy (non-hydrogen) atoms. The number of rotatable bonds is 5. The molecule has 0 bridgehead atoms. The van der Waals surface area contributed by atoms with Gasteiger partial charge < -0.3 is 4.74 Å². The van der Waals surface area contributed by atoms with Crippen molar-refractivity contribution in [2.24, 2.45) is 0 Å². The predicted molar refractivity (Wildman–Crippen MR) is 57.7 cm³/mol. The number of methoxy groups -OCH3 is 1. The van der Waals surface area contributed by atoms with Gasteiger partial charge in [0.1, 0.15) is 0 Å². The van der Waals surface area contributed by atoms with Crippen LogP contribution in [0.25, 0.3) is 0 Å². The lowest BCUT2D eigenvalue weighted by Gasteiger charge is -2.10. The van der Waals surface area contributed by atoms with E-state index in [1.54, 1.807) is 7.11 Å². The highest BCUT2D eigenvalue weighted by molar-refractivity contribution is 6.20. The third kappa shape index (κ3) is 2.72. The predicted octanol–water partition coefficient (Wildman–Crippen LogP) is 2.78. The van der Waals surface area contributed by atoms with Crippen LogP contribution < -0.4 is 0 Å². The van der Waals surface area contributed by atoms with Crippen LogP contribution in [0.4, 0.5) is 0 Å². The van der Waals surface area contributed by atoms with Crippen LogP contribution in [0.5, 0.6) is 0 Å². The number of aromatic nitrogens is 2. The summed E-state index contributed by atoms with van der Waals surface area (Å²) in [6.45, 7) is 4.79. The van der Waals surface area contributed by atoms with Crippen molar-refractivity contribution in [3.05, 3.63) is 18.0 Å². The van der Waals surface area contributed by atoms with Gasteiger partial charge in [-0.2, -0.15) is 5.10 Å². The highest BCUT2D eigenvalue weighted by Crippen LogP contribution is 2.23. The molecular formula is C10H17ClN2O. The third-order valence-electron chi connectivity index (χ3n) is 2.20. The fraction of sp³-hybridized carbons (Fsp3) is 0.700. The minimum Gasteiger partial charge on any atom is -0.382 e. The van der Waals surface area contributed by atoms with Gasteiger partial charge in [-0.15, -0.1) is 11.6 Å². The van der Waals surface area contributed by atoms with Crippen LogP contribution in [-0.2, 0) is 4.74 Å². The van der Waals surface area contributed by atoms with Gasteiger partial charge in [-0.05, 0) is 13.3 Å². The molecule has 2 unspecified atom stereocenters. The molecule has 0 aromatic carbocycles. The molecule has 0 spiro atoms. The van der Waals surface area contributed by atoms with Gasteiger partial charge >= 0.3 is 0 Å². The van der Waals surface area contributed by atoms with E-state index in [0.717, 1.165) is 12.0 Å². The van der Waals surface area contributed by atoms with E-state index in [0.29, 0.717) is 6.61 Å². The van der Waals surface area contributed by atoms with Gasteiger partial charge in [0.25, 0.3) is 0 Å². The zero-order valence-corrected chi connectivity index (χ0v) is 9.66. The fourth-order valence-corrected chi connectivity index (χ4v) is 1.42. The Labute approximate surface area is 90.0 Å². The summed E-state index contributed by atoms with van der Waals surface area (Å²) in [5.74, 6) is 0. The number of hydrogen-bond acceptors (Lipinski definition) is 2. The molecule has 0 aliphatic carbocycles. The molecule has 0 aliphatic heterocycles. The maximum absolute atomic E-state index is 6.10. The Morgan fingerprint density at radius 3 is 2.93 bits per heavy atom. The Balaban J connectivity index is 2.67. The van der Waals surface area contributed by atoms with Gasteiger partial charge in [-0.3, -0.25) is 4.68 Å². The largest absolute Gasteiger partial charge is 0.382 e. The van der Waals surface area contributed by atoms with E-state index in [1.807, 2.05) is 17.1 Å². The Morgan fingerprint density at radius 2 is 2.36 bits per heavy atom. The van der Waals surface area contributed by atoms with Crippen LogP contribution >= 0.6 is 11.6 Å². The van der Waals surface area contributed by atoms with Gasteiger partial charge in [0.2, 0.25) is 0 Å². The van der Waals surface area contributed by atoms with E-state index >= 15 is 0 Å². The van der Waals surface area contributed by atoms with Crippen molar-refractivity contribution >= 4 is 11.6 Å². The summed E-state index contributed by atoms with van der Waals surface area (Å²) in [5.41, 5.74) is 1.08. The molecule has 4 heteroatoms. The molecule has 0 fully saturated rings. The number of halogens is 1. The first-order valence-electron chi connectivity index (χ1n) is 4.86. The van der Waals surface area contributed by atoms with Gasteiger partial charge in [-0.1, -0.05) is 6.92 Å². The topological polar surface area (TPSA) is 27.1 Å². The molecule has 80 valence electrons. The van der Waals surface area contributed by atoms with E-state index in [1.165, 1.54) is 0 Å². The molecule has 0 amide bonds. The normalized spacial score (nSPS) is 15.4. The maximum atomic E-state index is 6.10. The van der Waals surface area contributed by atoms with Crippen molar-refractivity contribution < 1.29 is 4.74 Å². The summed E-state index contributed by atoms with van der Waals surface area (Å²) in [7, 11) is 1.69. The Kier molecular flexibility index (Phi) is 4.42. The van der Waals surface area contributed by atoms with Crippen molar-refractivity contribution in [2.45, 2.75) is 31.7 Å². The second kappa shape index (κ2) is 5.37. The molecule has 0 aliphatic rings. The molecule has 2 atom stereocenters. The second-order valence-corrected chi connectivity index (χ2v) is 3.96. The minimum atomic E-state index is 0.0681. The molecule has 3 nitrogen and oxygen atoms in total. The van der Waals surface area contributed by atoms with E-state index in [9.17, 15) is 0 Å². The summed E-state index contributed by atoms with van der Waals surface area (Å²) >= 11 is 6.10. The van der Waals surface area contributed by atoms with E-state index < -0.39 is 0 Å². The van der Waals surface area contributed by atoms with Crippen LogP contribution in [0.2, 0.25) is 0 Å². The summed E-state index contributed by atoms with van der Waals surface area (Å²) < 4.78 is 6.95. The monoisotopic (exact) mass is 216 g/mol. The van der Waals surface area contributed by atoms with Crippen molar-refractivity contribution in [1.82, 2.24) is 9.78 Å². The first-order valence-corrected chi connectivity index (χ1v) is 5.29. The van der Waals surface area contributed by atoms with Crippen molar-refractivity contribution in [2.75, 3.05) is 13.7 Å². The van der Waals surface area contributed by atoms with Crippen molar-refractivity contribution in [3.8, 4) is 0 Å². The highest BCUT2D eigenvalue weighted by Gasteiger charge is 2.10. The summed E-state index contributed by atoms with van der Waals surface area (Å²) in [5, 5.41) is 4.32. The zero-order chi connectivity index (χ0) is 10.6. The number of ether oxygens (including phenoxy) is 1. The van der Waals surface area contributed by atoms with Crippen LogP contribution in [-0.4, -0.2) is 23.5 Å². The van der Waals surface area contributed by atoms with Gasteiger partial charge in [0.15, 0.2) is 0 Å². The van der Waals surface area contributed by atoms with E-state index in [4.69, 9.17) is 16.3 Å². The summed E-state index contributed by atoms with van der Waals surface area (Å²) in [6.07, 6.45) is 4.74. The van der Waals surface area contributed by atoms with Gasteiger partial charge in [0, 0.05) is 18.9 Å². The van der Waals surface area contributed by atoms with Gasteiger partial charge in [0.05, 0.1) is 24.2 Å². The van der Waals surface area contributed by atoms with E-state index in [-0.39, 0.29) is 11.4 Å². The maximum Gasteiger partial charge on any atom is 0.0724 e. The summed E-state index contributed by atoms with van der Waals surface area (Å²) in [4.78, 5) is 0. The molecule has 1 aromatic rings. The lowest BCUT2D eigenvalue weighted by Crippen LogP contribution is -2.11. The molecule has 0 radical (unpaired) electrons. The van der Waals surface area contributed by atoms with Gasteiger partial charge in [-0.25, -0.2) is 0 Å². The fourth-order valence-electron chi connectivity index (χ4n) is 1.31. The quantitative estimate of drug-likeness (QED) is 0.708. The average molecular weight is 217 g/mol. The van der Waals surface area contributed by atoms with Crippen LogP contribution in [0, 0.1) is 0 Å². The highest BCUT2D eigenvalue weighted by atomic mass is 35.5. The van der Waals surface area contributed by atoms with Crippen molar-refractivity contribution in [1.29, 1.82) is 0 Å². The van der Waals surface area contributed by atoms with E-state index in [2.05, 4.69) is 18.9 Å². The molecule has 0 N–H and O–H groups in total. The standard InChI is InChI=1S/C10H17ClN2O/c1-4-10(11)9-5-12-13(6-9)8(2)7-14-3/h5-6,8,10H,4,7H2,1-3H3. The number of alkyl halides is 1. The van der Waals surface area contributed by atoms with Crippen molar-refractivity contribution in [3.63, 3.8) is 0 Å². The first kappa shape index (κ1) is 11.5. The molecule has 0 saturated heterocycles. The SMILES string of the molecule is CCC(Cl)c1cnn(C(C)COC)c1. The van der Waals surface area contributed by atoms with Crippen LogP contribution in [0.15, 0.2) is 12.4 Å². The Bertz CT molecular complexity index is 275.